The molecule has 3 N–H and O–H groups in total. The maximum absolute atomic E-state index is 12.1. The number of esters is 1. The zero-order valence-corrected chi connectivity index (χ0v) is 11.5. The van der Waals surface area contributed by atoms with Crippen molar-refractivity contribution in [3.63, 3.8) is 0 Å². The molecule has 106 valence electrons. The number of carbonyl (C=O) groups excluding carboxylic acids is 2. The number of nitrogen functional groups attached to an aromatic ring is 1. The van der Waals surface area contributed by atoms with Gasteiger partial charge in [0.2, 0.25) is 0 Å². The van der Waals surface area contributed by atoms with Crippen LogP contribution in [0.2, 0.25) is 0 Å². The summed E-state index contributed by atoms with van der Waals surface area (Å²) in [5.41, 5.74) is 7.45. The summed E-state index contributed by atoms with van der Waals surface area (Å²) in [6.07, 6.45) is 3.29. The van der Waals surface area contributed by atoms with Crippen LogP contribution in [0.3, 0.4) is 0 Å². The Bertz CT molecular complexity index is 669. The van der Waals surface area contributed by atoms with Crippen LogP contribution in [0.15, 0.2) is 24.5 Å². The van der Waals surface area contributed by atoms with Gasteiger partial charge < -0.3 is 24.9 Å². The number of rotatable bonds is 3. The van der Waals surface area contributed by atoms with Crippen molar-refractivity contribution in [1.29, 1.82) is 0 Å². The summed E-state index contributed by atoms with van der Waals surface area (Å²) < 4.78 is 7.87. The summed E-state index contributed by atoms with van der Waals surface area (Å²) in [4.78, 5) is 23.6. The Morgan fingerprint density at radius 1 is 1.15 bits per heavy atom. The molecule has 7 heteroatoms. The third-order valence-electron chi connectivity index (χ3n) is 2.92. The van der Waals surface area contributed by atoms with Gasteiger partial charge in [0.05, 0.1) is 18.5 Å². The number of nitrogens with two attached hydrogens (primary N) is 1. The number of aromatic nitrogens is 2. The van der Waals surface area contributed by atoms with E-state index in [9.17, 15) is 9.59 Å². The van der Waals surface area contributed by atoms with Crippen molar-refractivity contribution >= 4 is 23.3 Å². The van der Waals surface area contributed by atoms with E-state index in [-0.39, 0.29) is 5.91 Å². The molecule has 0 atom stereocenters. The molecule has 2 rings (SSSR count). The number of nitrogens with zero attached hydrogens (tertiary/aromatic N) is 2. The molecule has 0 aliphatic carbocycles. The fourth-order valence-corrected chi connectivity index (χ4v) is 1.95. The average molecular weight is 276 g/mol. The fraction of sp³-hybridized carbons (Fsp3) is 0.231. The minimum atomic E-state index is -0.462. The molecule has 0 fully saturated rings. The molecular weight excluding hydrogens is 260 g/mol. The summed E-state index contributed by atoms with van der Waals surface area (Å²) in [6, 6.07) is 3.13. The summed E-state index contributed by atoms with van der Waals surface area (Å²) in [5, 5.41) is 2.71. The van der Waals surface area contributed by atoms with Crippen LogP contribution in [0.5, 0.6) is 0 Å². The summed E-state index contributed by atoms with van der Waals surface area (Å²) in [5.74, 6) is -0.762. The third kappa shape index (κ3) is 2.51. The normalized spacial score (nSPS) is 10.3. The van der Waals surface area contributed by atoms with E-state index in [1.807, 2.05) is 0 Å². The average Bonchev–Trinajstić information content (AvgIpc) is 2.91. The number of ether oxygens (including phenoxy) is 1. The van der Waals surface area contributed by atoms with E-state index in [0.29, 0.717) is 22.8 Å². The second-order valence-corrected chi connectivity index (χ2v) is 4.44. The number of hydrogen-bond donors (Lipinski definition) is 2. The van der Waals surface area contributed by atoms with Crippen LogP contribution in [0, 0.1) is 0 Å². The molecule has 0 radical (unpaired) electrons. The molecule has 0 saturated heterocycles. The Hall–Kier alpha value is -2.70. The highest BCUT2D eigenvalue weighted by Crippen LogP contribution is 2.16. The summed E-state index contributed by atoms with van der Waals surface area (Å²) in [7, 11) is 4.74. The highest BCUT2D eigenvalue weighted by molar-refractivity contribution is 6.04. The third-order valence-corrected chi connectivity index (χ3v) is 2.92. The van der Waals surface area contributed by atoms with Crippen molar-refractivity contribution in [2.45, 2.75) is 0 Å². The van der Waals surface area contributed by atoms with Crippen LogP contribution in [0.4, 0.5) is 11.4 Å². The lowest BCUT2D eigenvalue weighted by Crippen LogP contribution is -2.14. The minimum absolute atomic E-state index is 0.300. The van der Waals surface area contributed by atoms with E-state index in [2.05, 4.69) is 10.1 Å². The molecule has 2 aromatic rings. The number of aryl methyl sites for hydroxylation is 2. The van der Waals surface area contributed by atoms with E-state index < -0.39 is 5.97 Å². The monoisotopic (exact) mass is 276 g/mol. The van der Waals surface area contributed by atoms with Gasteiger partial charge in [-0.2, -0.15) is 0 Å². The highest BCUT2D eigenvalue weighted by atomic mass is 16.5. The lowest BCUT2D eigenvalue weighted by Gasteiger charge is -2.03. The maximum atomic E-state index is 12.1. The van der Waals surface area contributed by atoms with Gasteiger partial charge in [-0.05, 0) is 12.1 Å². The Balaban J connectivity index is 2.20. The van der Waals surface area contributed by atoms with Gasteiger partial charge in [0, 0.05) is 26.5 Å². The van der Waals surface area contributed by atoms with Crippen molar-refractivity contribution < 1.29 is 14.3 Å². The van der Waals surface area contributed by atoms with Gasteiger partial charge in [0.15, 0.2) is 0 Å². The number of nitrogens with one attached hydrogen (secondary N) is 1. The molecule has 20 heavy (non-hydrogen) atoms. The lowest BCUT2D eigenvalue weighted by atomic mass is 10.3. The predicted molar refractivity (Wildman–Crippen MR) is 74.5 cm³/mol. The molecule has 2 heterocycles. The SMILES string of the molecule is COC(=O)c1cc(NC(=O)c2cc(N)cn2C)cn1C. The first kappa shape index (κ1) is 13.7. The fourth-order valence-electron chi connectivity index (χ4n) is 1.95. The molecular formula is C13H16N4O3. The summed E-state index contributed by atoms with van der Waals surface area (Å²) >= 11 is 0. The van der Waals surface area contributed by atoms with E-state index in [1.54, 1.807) is 47.8 Å². The van der Waals surface area contributed by atoms with Crippen LogP contribution < -0.4 is 11.1 Å². The van der Waals surface area contributed by atoms with Gasteiger partial charge in [-0.25, -0.2) is 4.79 Å². The largest absolute Gasteiger partial charge is 0.464 e. The van der Waals surface area contributed by atoms with Crippen molar-refractivity contribution in [2.24, 2.45) is 14.1 Å². The molecule has 0 spiro atoms. The standard InChI is InChI=1S/C13H16N4O3/c1-16-6-8(14)4-10(16)12(18)15-9-5-11(13(19)20-3)17(2)7-9/h4-7H,14H2,1-3H3,(H,15,18). The first-order valence-electron chi connectivity index (χ1n) is 5.90. The Kier molecular flexibility index (Phi) is 3.51. The number of anilines is 2. The first-order valence-corrected chi connectivity index (χ1v) is 5.90. The zero-order chi connectivity index (χ0) is 14.9. The molecule has 0 aliphatic heterocycles. The summed E-state index contributed by atoms with van der Waals surface area (Å²) in [6.45, 7) is 0. The van der Waals surface area contributed by atoms with Crippen molar-refractivity contribution in [2.75, 3.05) is 18.2 Å². The zero-order valence-electron chi connectivity index (χ0n) is 11.5. The number of hydrogen-bond acceptors (Lipinski definition) is 4. The Morgan fingerprint density at radius 2 is 1.80 bits per heavy atom. The molecule has 1 amide bonds. The lowest BCUT2D eigenvalue weighted by molar-refractivity contribution is 0.0590. The molecule has 0 saturated carbocycles. The van der Waals surface area contributed by atoms with E-state index >= 15 is 0 Å². The topological polar surface area (TPSA) is 91.3 Å². The van der Waals surface area contributed by atoms with Crippen molar-refractivity contribution in [3.8, 4) is 0 Å². The first-order chi connectivity index (χ1) is 9.42. The van der Waals surface area contributed by atoms with E-state index in [4.69, 9.17) is 5.73 Å². The van der Waals surface area contributed by atoms with Crippen molar-refractivity contribution in [3.05, 3.63) is 35.9 Å². The second-order valence-electron chi connectivity index (χ2n) is 4.44. The molecule has 0 aliphatic rings. The second kappa shape index (κ2) is 5.12. The van der Waals surface area contributed by atoms with E-state index in [1.165, 1.54) is 7.11 Å². The van der Waals surface area contributed by atoms with Crippen LogP contribution in [-0.4, -0.2) is 28.1 Å². The van der Waals surface area contributed by atoms with Crippen LogP contribution >= 0.6 is 0 Å². The molecule has 0 unspecified atom stereocenters. The van der Waals surface area contributed by atoms with Crippen LogP contribution in [0.1, 0.15) is 21.0 Å². The van der Waals surface area contributed by atoms with Gasteiger partial charge in [-0.1, -0.05) is 0 Å². The minimum Gasteiger partial charge on any atom is -0.464 e. The van der Waals surface area contributed by atoms with Gasteiger partial charge in [0.1, 0.15) is 11.4 Å². The molecule has 0 bridgehead atoms. The van der Waals surface area contributed by atoms with Crippen molar-refractivity contribution in [1.82, 2.24) is 9.13 Å². The number of amides is 1. The van der Waals surface area contributed by atoms with Crippen LogP contribution in [-0.2, 0) is 18.8 Å². The Labute approximate surface area is 115 Å². The van der Waals surface area contributed by atoms with Crippen LogP contribution in [0.25, 0.3) is 0 Å². The molecule has 2 aromatic heterocycles. The van der Waals surface area contributed by atoms with Gasteiger partial charge >= 0.3 is 5.97 Å². The predicted octanol–water partition coefficient (Wildman–Crippen LogP) is 0.985. The number of methoxy groups -OCH3 is 1. The molecule has 7 nitrogen and oxygen atoms in total. The number of carbonyl (C=O) groups is 2. The Morgan fingerprint density at radius 3 is 2.35 bits per heavy atom. The van der Waals surface area contributed by atoms with Gasteiger partial charge in [-0.15, -0.1) is 0 Å². The van der Waals surface area contributed by atoms with Gasteiger partial charge in [-0.3, -0.25) is 4.79 Å². The van der Waals surface area contributed by atoms with Gasteiger partial charge in [0.25, 0.3) is 5.91 Å². The highest BCUT2D eigenvalue weighted by Gasteiger charge is 2.15. The quantitative estimate of drug-likeness (QED) is 0.818. The smallest absolute Gasteiger partial charge is 0.354 e. The maximum Gasteiger partial charge on any atom is 0.354 e. The molecule has 0 aromatic carbocycles. The van der Waals surface area contributed by atoms with E-state index in [0.717, 1.165) is 0 Å².